The first-order valence-corrected chi connectivity index (χ1v) is 6.22. The maximum absolute atomic E-state index is 11.6. The van der Waals surface area contributed by atoms with E-state index in [2.05, 4.69) is 5.32 Å². The summed E-state index contributed by atoms with van der Waals surface area (Å²) in [6.07, 6.45) is 0. The summed E-state index contributed by atoms with van der Waals surface area (Å²) < 4.78 is 4.92. The van der Waals surface area contributed by atoms with Gasteiger partial charge in [0.15, 0.2) is 6.61 Å². The Hall–Kier alpha value is -2.04. The molecule has 19 heavy (non-hydrogen) atoms. The van der Waals surface area contributed by atoms with E-state index in [0.717, 1.165) is 0 Å². The van der Waals surface area contributed by atoms with E-state index in [1.165, 1.54) is 0 Å². The number of hydrogen-bond acceptors (Lipinski definition) is 4. The largest absolute Gasteiger partial charge is 0.452 e. The second-order valence-electron chi connectivity index (χ2n) is 4.80. The van der Waals surface area contributed by atoms with Crippen molar-refractivity contribution in [2.24, 2.45) is 5.92 Å². The van der Waals surface area contributed by atoms with Crippen LogP contribution in [0.25, 0.3) is 0 Å². The number of esters is 1. The predicted octanol–water partition coefficient (Wildman–Crippen LogP) is 1.59. The van der Waals surface area contributed by atoms with Crippen LogP contribution in [0.3, 0.4) is 0 Å². The van der Waals surface area contributed by atoms with Crippen LogP contribution in [-0.2, 0) is 9.53 Å². The fourth-order valence-electron chi connectivity index (χ4n) is 1.30. The Morgan fingerprint density at radius 3 is 2.32 bits per heavy atom. The van der Waals surface area contributed by atoms with Gasteiger partial charge in [-0.3, -0.25) is 4.79 Å². The molecule has 1 rings (SSSR count). The molecule has 0 spiro atoms. The molecule has 0 aliphatic rings. The highest BCUT2D eigenvalue weighted by Gasteiger charge is 2.13. The van der Waals surface area contributed by atoms with E-state index in [4.69, 9.17) is 10.5 Å². The molecule has 3 N–H and O–H groups in total. The Labute approximate surface area is 113 Å². The van der Waals surface area contributed by atoms with E-state index in [-0.39, 0.29) is 18.6 Å². The third-order valence-electron chi connectivity index (χ3n) is 2.87. The number of nitrogens with two attached hydrogens (primary N) is 1. The van der Waals surface area contributed by atoms with Crippen molar-refractivity contribution in [1.29, 1.82) is 0 Å². The maximum atomic E-state index is 11.6. The molecule has 0 bridgehead atoms. The molecule has 1 aromatic carbocycles. The van der Waals surface area contributed by atoms with E-state index in [1.54, 1.807) is 24.3 Å². The number of ether oxygens (including phenoxy) is 1. The van der Waals surface area contributed by atoms with Crippen molar-refractivity contribution in [3.05, 3.63) is 29.8 Å². The molecule has 0 heterocycles. The summed E-state index contributed by atoms with van der Waals surface area (Å²) in [4.78, 5) is 23.2. The van der Waals surface area contributed by atoms with Gasteiger partial charge in [-0.2, -0.15) is 0 Å². The molecule has 5 nitrogen and oxygen atoms in total. The normalized spacial score (nSPS) is 12.0. The van der Waals surface area contributed by atoms with Crippen LogP contribution in [0.15, 0.2) is 24.3 Å². The Kier molecular flexibility index (Phi) is 5.36. The van der Waals surface area contributed by atoms with Crippen molar-refractivity contribution >= 4 is 17.6 Å². The maximum Gasteiger partial charge on any atom is 0.338 e. The van der Waals surface area contributed by atoms with Gasteiger partial charge in [-0.25, -0.2) is 4.79 Å². The number of benzene rings is 1. The Morgan fingerprint density at radius 2 is 1.79 bits per heavy atom. The summed E-state index contributed by atoms with van der Waals surface area (Å²) in [5.41, 5.74) is 6.46. The van der Waals surface area contributed by atoms with Gasteiger partial charge in [-0.05, 0) is 37.1 Å². The van der Waals surface area contributed by atoms with Gasteiger partial charge in [0.25, 0.3) is 5.91 Å². The summed E-state index contributed by atoms with van der Waals surface area (Å²) in [6.45, 7) is 5.64. The zero-order valence-electron chi connectivity index (χ0n) is 11.5. The van der Waals surface area contributed by atoms with Gasteiger partial charge >= 0.3 is 5.97 Å². The molecule has 1 aromatic rings. The number of carbonyl (C=O) groups excluding carboxylic acids is 2. The minimum absolute atomic E-state index is 0.0442. The summed E-state index contributed by atoms with van der Waals surface area (Å²) in [5, 5.41) is 2.76. The quantitative estimate of drug-likeness (QED) is 0.625. The van der Waals surface area contributed by atoms with Crippen LogP contribution >= 0.6 is 0 Å². The Balaban J connectivity index is 2.42. The predicted molar refractivity (Wildman–Crippen MR) is 73.6 cm³/mol. The number of nitrogen functional groups attached to an aromatic ring is 1. The molecule has 0 aliphatic heterocycles. The smallest absolute Gasteiger partial charge is 0.338 e. The van der Waals surface area contributed by atoms with Crippen molar-refractivity contribution in [2.45, 2.75) is 26.8 Å². The lowest BCUT2D eigenvalue weighted by Crippen LogP contribution is -2.38. The first-order valence-electron chi connectivity index (χ1n) is 6.22. The van der Waals surface area contributed by atoms with Crippen LogP contribution < -0.4 is 11.1 Å². The first-order chi connectivity index (χ1) is 8.90. The molecule has 5 heteroatoms. The molecule has 0 saturated heterocycles. The molecule has 0 aromatic heterocycles. The number of hydrogen-bond donors (Lipinski definition) is 2. The second kappa shape index (κ2) is 6.78. The summed E-state index contributed by atoms with van der Waals surface area (Å²) in [6, 6.07) is 6.39. The molecule has 104 valence electrons. The summed E-state index contributed by atoms with van der Waals surface area (Å²) >= 11 is 0. The van der Waals surface area contributed by atoms with Crippen LogP contribution in [0.1, 0.15) is 31.1 Å². The van der Waals surface area contributed by atoms with Crippen molar-refractivity contribution in [2.75, 3.05) is 12.3 Å². The van der Waals surface area contributed by atoms with Crippen LogP contribution in [0.5, 0.6) is 0 Å². The van der Waals surface area contributed by atoms with Gasteiger partial charge in [0.05, 0.1) is 5.56 Å². The number of carbonyl (C=O) groups is 2. The Morgan fingerprint density at radius 1 is 1.21 bits per heavy atom. The fraction of sp³-hybridized carbons (Fsp3) is 0.429. The highest BCUT2D eigenvalue weighted by molar-refractivity contribution is 5.91. The van der Waals surface area contributed by atoms with Gasteiger partial charge < -0.3 is 15.8 Å². The van der Waals surface area contributed by atoms with E-state index < -0.39 is 5.97 Å². The highest BCUT2D eigenvalue weighted by atomic mass is 16.5. The molecule has 0 radical (unpaired) electrons. The Bertz CT molecular complexity index is 441. The number of rotatable bonds is 5. The first kappa shape index (κ1) is 15.0. The summed E-state index contributed by atoms with van der Waals surface area (Å²) in [5.74, 6) is -0.505. The molecular formula is C14H20N2O3. The standard InChI is InChI=1S/C14H20N2O3/c1-9(2)10(3)16-13(17)8-19-14(18)11-4-6-12(15)7-5-11/h4-7,9-10H,8,15H2,1-3H3,(H,16,17). The zero-order valence-corrected chi connectivity index (χ0v) is 11.5. The molecule has 0 saturated carbocycles. The molecule has 0 aliphatic carbocycles. The van der Waals surface area contributed by atoms with Crippen molar-refractivity contribution in [3.63, 3.8) is 0 Å². The third-order valence-corrected chi connectivity index (χ3v) is 2.87. The van der Waals surface area contributed by atoms with Crippen molar-refractivity contribution in [3.8, 4) is 0 Å². The second-order valence-corrected chi connectivity index (χ2v) is 4.80. The number of anilines is 1. The highest BCUT2D eigenvalue weighted by Crippen LogP contribution is 2.06. The zero-order chi connectivity index (χ0) is 14.4. The van der Waals surface area contributed by atoms with Crippen LogP contribution in [0.4, 0.5) is 5.69 Å². The van der Waals surface area contributed by atoms with Crippen LogP contribution in [0, 0.1) is 5.92 Å². The average molecular weight is 264 g/mol. The summed E-state index contributed by atoms with van der Waals surface area (Å²) in [7, 11) is 0. The van der Waals surface area contributed by atoms with Crippen LogP contribution in [-0.4, -0.2) is 24.5 Å². The van der Waals surface area contributed by atoms with Gasteiger partial charge in [-0.1, -0.05) is 13.8 Å². The van der Waals surface area contributed by atoms with E-state index in [9.17, 15) is 9.59 Å². The lowest BCUT2D eigenvalue weighted by molar-refractivity contribution is -0.125. The third kappa shape index (κ3) is 4.99. The van der Waals surface area contributed by atoms with Gasteiger partial charge in [0.1, 0.15) is 0 Å². The average Bonchev–Trinajstić information content (AvgIpc) is 2.36. The fourth-order valence-corrected chi connectivity index (χ4v) is 1.30. The van der Waals surface area contributed by atoms with Gasteiger partial charge in [0.2, 0.25) is 0 Å². The van der Waals surface area contributed by atoms with E-state index in [1.807, 2.05) is 20.8 Å². The molecule has 1 atom stereocenters. The van der Waals surface area contributed by atoms with Crippen molar-refractivity contribution < 1.29 is 14.3 Å². The number of amides is 1. The molecule has 1 amide bonds. The van der Waals surface area contributed by atoms with Crippen LogP contribution in [0.2, 0.25) is 0 Å². The van der Waals surface area contributed by atoms with Gasteiger partial charge in [-0.15, -0.1) is 0 Å². The molecule has 0 fully saturated rings. The molecule has 1 unspecified atom stereocenters. The topological polar surface area (TPSA) is 81.4 Å². The van der Waals surface area contributed by atoms with Gasteiger partial charge in [0, 0.05) is 11.7 Å². The lowest BCUT2D eigenvalue weighted by Gasteiger charge is -2.17. The number of nitrogens with one attached hydrogen (secondary N) is 1. The molecular weight excluding hydrogens is 244 g/mol. The minimum atomic E-state index is -0.535. The monoisotopic (exact) mass is 264 g/mol. The van der Waals surface area contributed by atoms with Crippen molar-refractivity contribution in [1.82, 2.24) is 5.32 Å². The SMILES string of the molecule is CC(C)C(C)NC(=O)COC(=O)c1ccc(N)cc1. The lowest BCUT2D eigenvalue weighted by atomic mass is 10.1. The minimum Gasteiger partial charge on any atom is -0.452 e. The van der Waals surface area contributed by atoms with E-state index in [0.29, 0.717) is 17.2 Å². The van der Waals surface area contributed by atoms with E-state index >= 15 is 0 Å².